The first-order valence-corrected chi connectivity index (χ1v) is 16.6. The van der Waals surface area contributed by atoms with Crippen LogP contribution in [-0.2, 0) is 28.5 Å². The highest BCUT2D eigenvalue weighted by molar-refractivity contribution is 8.77. The Hall–Kier alpha value is -1.80. The van der Waals surface area contributed by atoms with Gasteiger partial charge in [-0.1, -0.05) is 74.4 Å². The number of carbonyl (C=O) groups excluding carboxylic acids is 2. The van der Waals surface area contributed by atoms with Crippen LogP contribution in [0.15, 0.2) is 36.4 Å². The maximum absolute atomic E-state index is 12.3. The summed E-state index contributed by atoms with van der Waals surface area (Å²) in [6.07, 6.45) is 3.99. The van der Waals surface area contributed by atoms with E-state index in [9.17, 15) is 9.59 Å². The Morgan fingerprint density at radius 2 is 1.71 bits per heavy atom. The van der Waals surface area contributed by atoms with Crippen molar-refractivity contribution in [1.82, 2.24) is 10.6 Å². The van der Waals surface area contributed by atoms with Crippen LogP contribution in [-0.4, -0.2) is 94.0 Å². The van der Waals surface area contributed by atoms with Gasteiger partial charge in [-0.2, -0.15) is 0 Å². The second-order valence-electron chi connectivity index (χ2n) is 10.5. The van der Waals surface area contributed by atoms with Crippen LogP contribution >= 0.6 is 21.6 Å². The van der Waals surface area contributed by atoms with Gasteiger partial charge in [-0.15, -0.1) is 0 Å². The van der Waals surface area contributed by atoms with Crippen LogP contribution in [0.2, 0.25) is 0 Å². The molecule has 1 atom stereocenters. The largest absolute Gasteiger partial charge is 0.490 e. The van der Waals surface area contributed by atoms with E-state index in [4.69, 9.17) is 23.7 Å². The van der Waals surface area contributed by atoms with E-state index in [1.54, 1.807) is 27.7 Å². The number of allylic oxidation sites excluding steroid dienone is 1. The van der Waals surface area contributed by atoms with Crippen molar-refractivity contribution in [3.05, 3.63) is 36.4 Å². The lowest BCUT2D eigenvalue weighted by Gasteiger charge is -2.22. The van der Waals surface area contributed by atoms with Gasteiger partial charge in [0.1, 0.15) is 24.4 Å². The Labute approximate surface area is 260 Å². The quantitative estimate of drug-likeness (QED) is 0.0646. The van der Waals surface area contributed by atoms with Gasteiger partial charge in [0.05, 0.1) is 46.1 Å². The third kappa shape index (κ3) is 22.8. The highest BCUT2D eigenvalue weighted by Gasteiger charge is 2.18. The summed E-state index contributed by atoms with van der Waals surface area (Å²) in [5.74, 6) is 0.320. The SMILES string of the molecule is C/C=C/CNC(=O)COCCOC(COc1cccc(NC(=O)CCOCCOCCNC(C)C)c1)SSC(C)(C)C. The number of hydrogen-bond donors (Lipinski definition) is 3. The fraction of sp³-hybridized carbons (Fsp3) is 0.667. The van der Waals surface area contributed by atoms with Crippen LogP contribution in [0, 0.1) is 0 Å². The summed E-state index contributed by atoms with van der Waals surface area (Å²) in [6.45, 7) is 16.6. The van der Waals surface area contributed by atoms with Gasteiger partial charge in [0, 0.05) is 35.6 Å². The number of nitrogens with one attached hydrogen (secondary N) is 3. The average Bonchev–Trinajstić information content (AvgIpc) is 2.92. The Bertz CT molecular complexity index is 898. The Morgan fingerprint density at radius 3 is 2.43 bits per heavy atom. The Balaban J connectivity index is 2.38. The number of anilines is 1. The zero-order valence-electron chi connectivity index (χ0n) is 26.1. The summed E-state index contributed by atoms with van der Waals surface area (Å²) in [5.41, 5.74) is 0.390. The van der Waals surface area contributed by atoms with E-state index >= 15 is 0 Å². The molecule has 0 aliphatic rings. The van der Waals surface area contributed by atoms with Crippen LogP contribution in [0.3, 0.4) is 0 Å². The first kappa shape index (κ1) is 38.2. The van der Waals surface area contributed by atoms with Gasteiger partial charge in [-0.3, -0.25) is 9.59 Å². The van der Waals surface area contributed by atoms with E-state index in [-0.39, 0.29) is 35.0 Å². The van der Waals surface area contributed by atoms with Crippen LogP contribution in [0.1, 0.15) is 48.0 Å². The molecule has 0 fully saturated rings. The number of rotatable bonds is 24. The van der Waals surface area contributed by atoms with Gasteiger partial charge in [-0.05, 0) is 19.1 Å². The molecule has 240 valence electrons. The van der Waals surface area contributed by atoms with Crippen molar-refractivity contribution in [3.63, 3.8) is 0 Å². The standard InChI is InChI=1S/C30H51N3O7S2/c1-7-8-13-32-28(35)22-38-19-20-39-29(41-42-30(4,5)6)23-40-26-11-9-10-25(21-26)33-27(34)12-15-36-17-18-37-16-14-31-24(2)3/h7-11,21,24,29,31H,12-20,22-23H2,1-6H3,(H,32,35)(H,33,34)/b8-7+. The third-order valence-electron chi connectivity index (χ3n) is 4.97. The molecule has 0 saturated carbocycles. The molecule has 1 rings (SSSR count). The highest BCUT2D eigenvalue weighted by Crippen LogP contribution is 2.38. The number of amides is 2. The summed E-state index contributed by atoms with van der Waals surface area (Å²) >= 11 is 0. The molecule has 2 amide bonds. The average molecular weight is 630 g/mol. The minimum absolute atomic E-state index is 0.0124. The molecule has 1 aromatic rings. The molecule has 12 heteroatoms. The van der Waals surface area contributed by atoms with Crippen molar-refractivity contribution < 1.29 is 33.3 Å². The summed E-state index contributed by atoms with van der Waals surface area (Å²) in [6, 6.07) is 7.70. The number of carbonyl (C=O) groups is 2. The summed E-state index contributed by atoms with van der Waals surface area (Å²) in [4.78, 5) is 24.1. The lowest BCUT2D eigenvalue weighted by molar-refractivity contribution is -0.126. The van der Waals surface area contributed by atoms with E-state index < -0.39 is 0 Å². The lowest BCUT2D eigenvalue weighted by atomic mass is 10.3. The molecule has 0 aromatic heterocycles. The van der Waals surface area contributed by atoms with Crippen LogP contribution < -0.4 is 20.7 Å². The number of benzene rings is 1. The van der Waals surface area contributed by atoms with Crippen LogP contribution in [0.25, 0.3) is 0 Å². The molecule has 1 aromatic carbocycles. The summed E-state index contributed by atoms with van der Waals surface area (Å²) in [7, 11) is 3.30. The van der Waals surface area contributed by atoms with E-state index in [0.29, 0.717) is 70.3 Å². The van der Waals surface area contributed by atoms with Crippen LogP contribution in [0.5, 0.6) is 5.75 Å². The van der Waals surface area contributed by atoms with Gasteiger partial charge in [-0.25, -0.2) is 0 Å². The molecule has 3 N–H and O–H groups in total. The molecular formula is C30H51N3O7S2. The Kier molecular flexibility index (Phi) is 21.5. The molecule has 0 aliphatic carbocycles. The van der Waals surface area contributed by atoms with Crippen molar-refractivity contribution in [3.8, 4) is 5.75 Å². The van der Waals surface area contributed by atoms with Crippen molar-refractivity contribution in [2.24, 2.45) is 0 Å². The lowest BCUT2D eigenvalue weighted by Crippen LogP contribution is -2.28. The molecule has 0 saturated heterocycles. The minimum atomic E-state index is -0.257. The maximum atomic E-state index is 12.3. The van der Waals surface area contributed by atoms with Crippen molar-refractivity contribution in [2.75, 3.05) is 71.3 Å². The number of hydrogen-bond acceptors (Lipinski definition) is 10. The van der Waals surface area contributed by atoms with E-state index in [1.165, 1.54) is 0 Å². The zero-order valence-corrected chi connectivity index (χ0v) is 27.7. The Morgan fingerprint density at radius 1 is 0.976 bits per heavy atom. The minimum Gasteiger partial charge on any atom is -0.490 e. The van der Waals surface area contributed by atoms with Crippen molar-refractivity contribution in [2.45, 2.75) is 64.2 Å². The second kappa shape index (κ2) is 23.6. The fourth-order valence-corrected chi connectivity index (χ4v) is 5.20. The molecule has 1 unspecified atom stereocenters. The van der Waals surface area contributed by atoms with Gasteiger partial charge < -0.3 is 39.6 Å². The molecule has 10 nitrogen and oxygen atoms in total. The first-order valence-electron chi connectivity index (χ1n) is 14.4. The first-order chi connectivity index (χ1) is 20.1. The molecule has 0 aliphatic heterocycles. The molecule has 42 heavy (non-hydrogen) atoms. The summed E-state index contributed by atoms with van der Waals surface area (Å²) < 4.78 is 28.5. The second-order valence-corrected chi connectivity index (χ2v) is 13.7. The predicted molar refractivity (Wildman–Crippen MR) is 173 cm³/mol. The smallest absolute Gasteiger partial charge is 0.246 e. The molecule has 0 bridgehead atoms. The highest BCUT2D eigenvalue weighted by atomic mass is 33.1. The third-order valence-corrected chi connectivity index (χ3v) is 8.49. The van der Waals surface area contributed by atoms with Crippen molar-refractivity contribution >= 4 is 39.1 Å². The van der Waals surface area contributed by atoms with E-state index in [0.717, 1.165) is 6.54 Å². The fourth-order valence-electron chi connectivity index (χ4n) is 3.00. The zero-order chi connectivity index (χ0) is 31.1. The summed E-state index contributed by atoms with van der Waals surface area (Å²) in [5, 5.41) is 8.91. The topological polar surface area (TPSA) is 116 Å². The predicted octanol–water partition coefficient (Wildman–Crippen LogP) is 4.66. The maximum Gasteiger partial charge on any atom is 0.246 e. The van der Waals surface area contributed by atoms with E-state index in [1.807, 2.05) is 37.3 Å². The van der Waals surface area contributed by atoms with Crippen molar-refractivity contribution in [1.29, 1.82) is 0 Å². The molecule has 0 radical (unpaired) electrons. The molecule has 0 heterocycles. The van der Waals surface area contributed by atoms with Gasteiger partial charge in [0.15, 0.2) is 0 Å². The van der Waals surface area contributed by atoms with E-state index in [2.05, 4.69) is 50.6 Å². The van der Waals surface area contributed by atoms with Crippen LogP contribution in [0.4, 0.5) is 5.69 Å². The van der Waals surface area contributed by atoms with Gasteiger partial charge >= 0.3 is 0 Å². The molecule has 0 spiro atoms. The van der Waals surface area contributed by atoms with Gasteiger partial charge in [0.2, 0.25) is 11.8 Å². The number of ether oxygens (including phenoxy) is 5. The van der Waals surface area contributed by atoms with Gasteiger partial charge in [0.25, 0.3) is 0 Å². The monoisotopic (exact) mass is 629 g/mol. The normalized spacial score (nSPS) is 12.5. The molecular weight excluding hydrogens is 578 g/mol.